The van der Waals surface area contributed by atoms with Gasteiger partial charge in [0.25, 0.3) is 0 Å². The standard InChI is InChI=1S/C47H33N/c1-31-28-43(32(2)42(34-18-8-4-9-19-34)30-41(31)33-16-6-3-7-17-33)44-29-36-21-13-15-25-39(36)47-45(44)40-27-26-35-20-12-14-24-38(35)46(40)48(47)37-22-10-5-11-23-37/h3-27,29-30H,1-2H3. The molecule has 0 spiro atoms. The van der Waals surface area contributed by atoms with Crippen molar-refractivity contribution in [3.8, 4) is 5.69 Å². The number of hydrogen-bond donors (Lipinski definition) is 0. The number of aromatic nitrogens is 1. The van der Waals surface area contributed by atoms with Gasteiger partial charge in [-0.1, -0.05) is 140 Å². The average molecular weight is 612 g/mol. The maximum absolute atomic E-state index is 4.00. The largest absolute Gasteiger partial charge is 0.308 e. The Labute approximate surface area is 280 Å². The topological polar surface area (TPSA) is 4.93 Å². The normalized spacial score (nSPS) is 13.6. The van der Waals surface area contributed by atoms with E-state index in [0.29, 0.717) is 0 Å². The predicted molar refractivity (Wildman–Crippen MR) is 205 cm³/mol. The highest BCUT2D eigenvalue weighted by Crippen LogP contribution is 2.46. The molecule has 8 aromatic rings. The van der Waals surface area contributed by atoms with Crippen LogP contribution in [0.5, 0.6) is 0 Å². The first-order valence-corrected chi connectivity index (χ1v) is 16.6. The first-order valence-electron chi connectivity index (χ1n) is 16.6. The van der Waals surface area contributed by atoms with Gasteiger partial charge in [0.05, 0.1) is 11.0 Å². The van der Waals surface area contributed by atoms with Crippen LogP contribution >= 0.6 is 0 Å². The summed E-state index contributed by atoms with van der Waals surface area (Å²) in [5.41, 5.74) is 17.1. The summed E-state index contributed by atoms with van der Waals surface area (Å²) < 4.78 is 2.50. The maximum atomic E-state index is 4.00. The van der Waals surface area contributed by atoms with E-state index in [4.69, 9.17) is 0 Å². The van der Waals surface area contributed by atoms with Crippen LogP contribution < -0.4 is 0 Å². The zero-order chi connectivity index (χ0) is 32.2. The van der Waals surface area contributed by atoms with E-state index >= 15 is 0 Å². The third-order valence-corrected chi connectivity index (χ3v) is 9.88. The highest BCUT2D eigenvalue weighted by molar-refractivity contribution is 6.27. The molecule has 1 heteroatoms. The van der Waals surface area contributed by atoms with Crippen molar-refractivity contribution in [1.29, 1.82) is 0 Å². The summed E-state index contributed by atoms with van der Waals surface area (Å²) in [6.07, 6.45) is 2.37. The number of rotatable bonds is 4. The van der Waals surface area contributed by atoms with E-state index in [9.17, 15) is 0 Å². The summed E-state index contributed by atoms with van der Waals surface area (Å²) in [6, 6.07) is 57.0. The van der Waals surface area contributed by atoms with Crippen LogP contribution in [0.4, 0.5) is 0 Å². The average Bonchev–Trinajstić information content (AvgIpc) is 3.44. The fourth-order valence-corrected chi connectivity index (χ4v) is 7.62. The second-order valence-electron chi connectivity index (χ2n) is 12.7. The number of hydrogen-bond acceptors (Lipinski definition) is 0. The Bertz CT molecular complexity index is 2680. The number of nitrogens with zero attached hydrogens (tertiary/aromatic N) is 1. The van der Waals surface area contributed by atoms with Gasteiger partial charge in [-0.25, -0.2) is 0 Å². The predicted octanol–water partition coefficient (Wildman–Crippen LogP) is 12.6. The van der Waals surface area contributed by atoms with Crippen LogP contribution in [0.2, 0.25) is 0 Å². The molecule has 0 bridgehead atoms. The lowest BCUT2D eigenvalue weighted by Crippen LogP contribution is -1.96. The van der Waals surface area contributed by atoms with E-state index < -0.39 is 0 Å². The second-order valence-corrected chi connectivity index (χ2v) is 12.7. The zero-order valence-electron chi connectivity index (χ0n) is 27.0. The van der Waals surface area contributed by atoms with Gasteiger partial charge in [-0.3, -0.25) is 0 Å². The van der Waals surface area contributed by atoms with E-state index in [1.54, 1.807) is 0 Å². The smallest absolute Gasteiger partial charge is 0.0626 e. The molecule has 1 aliphatic rings. The molecule has 0 atom stereocenters. The minimum absolute atomic E-state index is 1.13. The molecular formula is C47H33N. The summed E-state index contributed by atoms with van der Waals surface area (Å²) in [7, 11) is 0. The molecule has 48 heavy (non-hydrogen) atoms. The molecule has 1 aliphatic carbocycles. The Morgan fingerprint density at radius 3 is 1.79 bits per heavy atom. The SMILES string of the molecule is CC1=C=C(c2cc3ccccc3c3c2c2ccc4ccccc4c2n3-c2ccccc2)C(C)=C(c2ccccc2)C=C1c1ccccc1. The third kappa shape index (κ3) is 4.41. The molecule has 1 heterocycles. The van der Waals surface area contributed by atoms with Crippen LogP contribution in [0.1, 0.15) is 30.5 Å². The number of benzene rings is 7. The van der Waals surface area contributed by atoms with Crippen molar-refractivity contribution in [2.75, 3.05) is 0 Å². The van der Waals surface area contributed by atoms with Crippen molar-refractivity contribution < 1.29 is 0 Å². The summed E-state index contributed by atoms with van der Waals surface area (Å²) >= 11 is 0. The van der Waals surface area contributed by atoms with E-state index in [-0.39, 0.29) is 0 Å². The van der Waals surface area contributed by atoms with Crippen LogP contribution in [0.3, 0.4) is 0 Å². The van der Waals surface area contributed by atoms with Crippen molar-refractivity contribution in [3.05, 3.63) is 197 Å². The molecule has 0 amide bonds. The van der Waals surface area contributed by atoms with E-state index in [1.165, 1.54) is 76.8 Å². The van der Waals surface area contributed by atoms with Crippen LogP contribution in [0.25, 0.3) is 65.8 Å². The Hall–Kier alpha value is -6.14. The van der Waals surface area contributed by atoms with Gasteiger partial charge in [-0.15, -0.1) is 5.73 Å². The molecule has 0 unspecified atom stereocenters. The molecule has 1 aromatic heterocycles. The Kier molecular flexibility index (Phi) is 6.61. The van der Waals surface area contributed by atoms with E-state index in [0.717, 1.165) is 16.8 Å². The van der Waals surface area contributed by atoms with Crippen molar-refractivity contribution >= 4 is 60.1 Å². The molecule has 0 saturated carbocycles. The Morgan fingerprint density at radius 1 is 0.500 bits per heavy atom. The first kappa shape index (κ1) is 28.1. The van der Waals surface area contributed by atoms with Gasteiger partial charge in [-0.2, -0.15) is 0 Å². The number of para-hydroxylation sites is 1. The zero-order valence-corrected chi connectivity index (χ0v) is 27.0. The van der Waals surface area contributed by atoms with Crippen LogP contribution in [-0.2, 0) is 0 Å². The first-order chi connectivity index (χ1) is 23.7. The fraction of sp³-hybridized carbons (Fsp3) is 0.0426. The lowest BCUT2D eigenvalue weighted by atomic mass is 9.88. The molecule has 0 saturated heterocycles. The summed E-state index contributed by atoms with van der Waals surface area (Å²) in [4.78, 5) is 0. The summed E-state index contributed by atoms with van der Waals surface area (Å²) in [5, 5.41) is 7.43. The monoisotopic (exact) mass is 611 g/mol. The molecule has 7 aromatic carbocycles. The molecular weight excluding hydrogens is 579 g/mol. The van der Waals surface area contributed by atoms with Gasteiger partial charge in [0.2, 0.25) is 0 Å². The van der Waals surface area contributed by atoms with Crippen LogP contribution in [0.15, 0.2) is 181 Å². The third-order valence-electron chi connectivity index (χ3n) is 9.88. The van der Waals surface area contributed by atoms with E-state index in [2.05, 4.69) is 188 Å². The molecule has 1 nitrogen and oxygen atoms in total. The maximum Gasteiger partial charge on any atom is 0.0626 e. The molecule has 0 radical (unpaired) electrons. The van der Waals surface area contributed by atoms with Gasteiger partial charge >= 0.3 is 0 Å². The van der Waals surface area contributed by atoms with Crippen molar-refractivity contribution in [2.45, 2.75) is 13.8 Å². The van der Waals surface area contributed by atoms with Crippen molar-refractivity contribution in [2.24, 2.45) is 0 Å². The van der Waals surface area contributed by atoms with Crippen molar-refractivity contribution in [1.82, 2.24) is 4.57 Å². The number of allylic oxidation sites excluding steroid dienone is 5. The summed E-state index contributed by atoms with van der Waals surface area (Å²) in [5.74, 6) is 0. The Balaban J connectivity index is 1.49. The van der Waals surface area contributed by atoms with Gasteiger partial charge < -0.3 is 4.57 Å². The van der Waals surface area contributed by atoms with Crippen LogP contribution in [-0.4, -0.2) is 4.57 Å². The molecule has 0 aliphatic heterocycles. The highest BCUT2D eigenvalue weighted by Gasteiger charge is 2.24. The lowest BCUT2D eigenvalue weighted by molar-refractivity contribution is 1.19. The van der Waals surface area contributed by atoms with E-state index in [1.807, 2.05) is 0 Å². The van der Waals surface area contributed by atoms with Gasteiger partial charge in [-0.05, 0) is 82.3 Å². The minimum Gasteiger partial charge on any atom is -0.308 e. The molecule has 0 N–H and O–H groups in total. The lowest BCUT2D eigenvalue weighted by Gasteiger charge is -2.15. The second kappa shape index (κ2) is 11.3. The fourth-order valence-electron chi connectivity index (χ4n) is 7.62. The van der Waals surface area contributed by atoms with Gasteiger partial charge in [0.15, 0.2) is 0 Å². The quantitative estimate of drug-likeness (QED) is 0.175. The molecule has 226 valence electrons. The molecule has 9 rings (SSSR count). The highest BCUT2D eigenvalue weighted by atomic mass is 15.0. The summed E-state index contributed by atoms with van der Waals surface area (Å²) in [6.45, 7) is 4.48. The van der Waals surface area contributed by atoms with Crippen LogP contribution in [0, 0.1) is 0 Å². The minimum atomic E-state index is 1.13. The Morgan fingerprint density at radius 2 is 1.08 bits per heavy atom. The number of fused-ring (bicyclic) bond motifs is 7. The van der Waals surface area contributed by atoms with Crippen molar-refractivity contribution in [3.63, 3.8) is 0 Å². The van der Waals surface area contributed by atoms with Gasteiger partial charge in [0.1, 0.15) is 0 Å². The molecule has 0 fully saturated rings. The van der Waals surface area contributed by atoms with Gasteiger partial charge in [0, 0.05) is 38.4 Å².